The number of hydrogen-bond acceptors (Lipinski definition) is 9. The number of Topliss-reactive ketones (excluding diaryl/α,β-unsaturated/α-hetero) is 1. The fraction of sp³-hybridized carbons (Fsp3) is 0.750. The molecule has 0 aromatic rings. The average molecular weight is 519 g/mol. The molecule has 2 aliphatic carbocycles. The molecule has 2 aliphatic heterocycles. The largest absolute Gasteiger partial charge is 0.462 e. The van der Waals surface area contributed by atoms with Gasteiger partial charge in [0.05, 0.1) is 17.8 Å². The first-order valence-electron chi connectivity index (χ1n) is 12.9. The van der Waals surface area contributed by atoms with Gasteiger partial charge in [-0.05, 0) is 46.5 Å². The van der Waals surface area contributed by atoms with Crippen molar-refractivity contribution >= 4 is 29.7 Å². The van der Waals surface area contributed by atoms with Gasteiger partial charge in [-0.25, -0.2) is 0 Å². The molecule has 0 N–H and O–H groups in total. The van der Waals surface area contributed by atoms with E-state index in [1.54, 1.807) is 27.7 Å². The second-order valence-electron chi connectivity index (χ2n) is 12.4. The Kier molecular flexibility index (Phi) is 6.20. The van der Waals surface area contributed by atoms with E-state index in [4.69, 9.17) is 18.9 Å². The molecule has 37 heavy (non-hydrogen) atoms. The predicted octanol–water partition coefficient (Wildman–Crippen LogP) is 3.32. The first-order chi connectivity index (χ1) is 16.9. The number of rotatable bonds is 2. The van der Waals surface area contributed by atoms with Crippen LogP contribution in [0.2, 0.25) is 0 Å². The van der Waals surface area contributed by atoms with Crippen molar-refractivity contribution in [3.8, 4) is 0 Å². The number of fused-ring (bicyclic) bond motifs is 5. The van der Waals surface area contributed by atoms with E-state index in [-0.39, 0.29) is 18.6 Å². The SMILES string of the molecule is C=C1C[C@H]2[C@@]3(C)[C@@H](OC(C)=O)CC(=O)OC(C)(C)[C@H]3C[C@@H](OC(C)=O)[C@@]2(C)[C@@H]2C(=O)O[C@H](C)C(=O)[C@]12C. The summed E-state index contributed by atoms with van der Waals surface area (Å²) in [5, 5.41) is 0. The van der Waals surface area contributed by atoms with Crippen LogP contribution >= 0.6 is 0 Å². The van der Waals surface area contributed by atoms with Crippen LogP contribution in [0.4, 0.5) is 0 Å². The molecule has 0 aromatic heterocycles. The number of cyclic esters (lactones) is 2. The summed E-state index contributed by atoms with van der Waals surface area (Å²) >= 11 is 0. The molecule has 9 nitrogen and oxygen atoms in total. The highest BCUT2D eigenvalue weighted by Gasteiger charge is 2.75. The molecule has 0 aromatic carbocycles. The van der Waals surface area contributed by atoms with Gasteiger partial charge in [0.25, 0.3) is 0 Å². The maximum atomic E-state index is 13.7. The Balaban J connectivity index is 2.01. The number of carbonyl (C=O) groups is 5. The van der Waals surface area contributed by atoms with E-state index in [2.05, 4.69) is 6.58 Å². The van der Waals surface area contributed by atoms with E-state index >= 15 is 0 Å². The molecule has 4 fully saturated rings. The van der Waals surface area contributed by atoms with Crippen LogP contribution in [0.1, 0.15) is 74.7 Å². The van der Waals surface area contributed by atoms with Crippen LogP contribution in [-0.4, -0.2) is 53.6 Å². The van der Waals surface area contributed by atoms with Crippen LogP contribution in [0.15, 0.2) is 12.2 Å². The van der Waals surface area contributed by atoms with Crippen molar-refractivity contribution in [1.82, 2.24) is 0 Å². The molecule has 204 valence electrons. The topological polar surface area (TPSA) is 122 Å². The van der Waals surface area contributed by atoms with Crippen LogP contribution in [0, 0.1) is 34.0 Å². The third-order valence-corrected chi connectivity index (χ3v) is 10.1. The monoisotopic (exact) mass is 518 g/mol. The third-order valence-electron chi connectivity index (χ3n) is 10.1. The molecule has 0 amide bonds. The summed E-state index contributed by atoms with van der Waals surface area (Å²) in [4.78, 5) is 64.8. The van der Waals surface area contributed by atoms with E-state index in [9.17, 15) is 24.0 Å². The fourth-order valence-electron chi connectivity index (χ4n) is 8.50. The molecular weight excluding hydrogens is 480 g/mol. The molecule has 0 unspecified atom stereocenters. The number of ketones is 1. The van der Waals surface area contributed by atoms with Crippen molar-refractivity contribution in [3.63, 3.8) is 0 Å². The summed E-state index contributed by atoms with van der Waals surface area (Å²) < 4.78 is 23.2. The minimum Gasteiger partial charge on any atom is -0.462 e. The number of esters is 4. The van der Waals surface area contributed by atoms with Crippen LogP contribution in [0.25, 0.3) is 0 Å². The van der Waals surface area contributed by atoms with Crippen LogP contribution in [0.5, 0.6) is 0 Å². The van der Waals surface area contributed by atoms with Crippen molar-refractivity contribution in [2.45, 2.75) is 98.6 Å². The Morgan fingerprint density at radius 2 is 1.46 bits per heavy atom. The Hall–Kier alpha value is -2.71. The second-order valence-corrected chi connectivity index (χ2v) is 12.4. The number of ether oxygens (including phenoxy) is 4. The van der Waals surface area contributed by atoms with Gasteiger partial charge in [-0.2, -0.15) is 0 Å². The fourth-order valence-corrected chi connectivity index (χ4v) is 8.50. The van der Waals surface area contributed by atoms with Crippen molar-refractivity contribution < 1.29 is 42.9 Å². The van der Waals surface area contributed by atoms with Gasteiger partial charge in [-0.15, -0.1) is 0 Å². The highest BCUT2D eigenvalue weighted by molar-refractivity contribution is 6.00. The van der Waals surface area contributed by atoms with Gasteiger partial charge >= 0.3 is 23.9 Å². The van der Waals surface area contributed by atoms with Gasteiger partial charge in [0, 0.05) is 30.6 Å². The highest BCUT2D eigenvalue weighted by atomic mass is 16.6. The van der Waals surface area contributed by atoms with Crippen molar-refractivity contribution in [1.29, 1.82) is 0 Å². The molecule has 0 bridgehead atoms. The minimum absolute atomic E-state index is 0.157. The zero-order valence-electron chi connectivity index (χ0n) is 23.0. The molecule has 2 saturated heterocycles. The Bertz CT molecular complexity index is 1090. The van der Waals surface area contributed by atoms with Gasteiger partial charge in [-0.3, -0.25) is 24.0 Å². The molecule has 9 atom stereocenters. The second kappa shape index (κ2) is 8.40. The summed E-state index contributed by atoms with van der Waals surface area (Å²) in [6.45, 7) is 17.6. The summed E-state index contributed by atoms with van der Waals surface area (Å²) in [5.41, 5.74) is -3.65. The maximum absolute atomic E-state index is 13.7. The van der Waals surface area contributed by atoms with Crippen LogP contribution in [0.3, 0.4) is 0 Å². The summed E-state index contributed by atoms with van der Waals surface area (Å²) in [6, 6.07) is 0. The number of allylic oxidation sites excluding steroid dienone is 1. The van der Waals surface area contributed by atoms with E-state index in [1.807, 2.05) is 13.8 Å². The predicted molar refractivity (Wildman–Crippen MR) is 130 cm³/mol. The highest BCUT2D eigenvalue weighted by Crippen LogP contribution is 2.71. The summed E-state index contributed by atoms with van der Waals surface area (Å²) in [6.07, 6.45) is -2.21. The molecule has 4 aliphatic rings. The molecule has 9 heteroatoms. The average Bonchev–Trinajstić information content (AvgIpc) is 2.80. The lowest BCUT2D eigenvalue weighted by atomic mass is 9.36. The van der Waals surface area contributed by atoms with Gasteiger partial charge in [0.2, 0.25) is 0 Å². The van der Waals surface area contributed by atoms with Crippen molar-refractivity contribution in [2.75, 3.05) is 0 Å². The van der Waals surface area contributed by atoms with Crippen LogP contribution < -0.4 is 0 Å². The number of hydrogen-bond donors (Lipinski definition) is 0. The zero-order valence-corrected chi connectivity index (χ0v) is 23.0. The smallest absolute Gasteiger partial charge is 0.311 e. The first kappa shape index (κ1) is 27.3. The van der Waals surface area contributed by atoms with Gasteiger partial charge in [0.1, 0.15) is 17.8 Å². The van der Waals surface area contributed by atoms with Gasteiger partial charge in [0.15, 0.2) is 11.9 Å². The zero-order chi connectivity index (χ0) is 27.9. The van der Waals surface area contributed by atoms with Gasteiger partial charge < -0.3 is 18.9 Å². The molecule has 0 radical (unpaired) electrons. The molecule has 4 rings (SSSR count). The van der Waals surface area contributed by atoms with E-state index in [0.29, 0.717) is 12.0 Å². The molecule has 2 saturated carbocycles. The summed E-state index contributed by atoms with van der Waals surface area (Å²) in [5.74, 6) is -4.23. The Labute approximate surface area is 217 Å². The molecular formula is C28H38O9. The van der Waals surface area contributed by atoms with E-state index < -0.39 is 81.8 Å². The van der Waals surface area contributed by atoms with Gasteiger partial charge in [-0.1, -0.05) is 26.0 Å². The molecule has 2 heterocycles. The Morgan fingerprint density at radius 3 is 2.03 bits per heavy atom. The minimum atomic E-state index is -1.23. The van der Waals surface area contributed by atoms with E-state index in [1.165, 1.54) is 13.8 Å². The first-order valence-corrected chi connectivity index (χ1v) is 12.9. The normalized spacial score (nSPS) is 44.8. The lowest BCUT2D eigenvalue weighted by Gasteiger charge is -2.68. The van der Waals surface area contributed by atoms with Crippen molar-refractivity contribution in [3.05, 3.63) is 12.2 Å². The Morgan fingerprint density at radius 1 is 0.892 bits per heavy atom. The standard InChI is InChI=1S/C28H38O9/c1-13-10-18-27(8)17(25(5,6)37-21(31)12-20(27)36-16(4)30)11-19(35-15(3)29)28(18,9)22-24(33)34-14(2)23(32)26(13,22)7/h14,17-20,22H,1,10-12H2,2-9H3/t14-,17-,18+,19-,20+,22-,26-,27+,28+/m1/s1. The third kappa shape index (κ3) is 3.67. The van der Waals surface area contributed by atoms with E-state index in [0.717, 1.165) is 0 Å². The molecule has 0 spiro atoms. The van der Waals surface area contributed by atoms with Crippen molar-refractivity contribution in [2.24, 2.45) is 34.0 Å². The lowest BCUT2D eigenvalue weighted by Crippen LogP contribution is -2.72. The summed E-state index contributed by atoms with van der Waals surface area (Å²) in [7, 11) is 0. The number of carbonyl (C=O) groups excluding carboxylic acids is 5. The lowest BCUT2D eigenvalue weighted by molar-refractivity contribution is -0.257. The maximum Gasteiger partial charge on any atom is 0.311 e. The van der Waals surface area contributed by atoms with Crippen LogP contribution in [-0.2, 0) is 42.9 Å². The quantitative estimate of drug-likeness (QED) is 0.308.